The Labute approximate surface area is 191 Å². The van der Waals surface area contributed by atoms with Crippen LogP contribution in [0.5, 0.6) is 0 Å². The van der Waals surface area contributed by atoms with Crippen LogP contribution in [0, 0.1) is 11.6 Å². The molecule has 1 atom stereocenters. The van der Waals surface area contributed by atoms with E-state index in [9.17, 15) is 22.0 Å². The second-order valence-corrected chi connectivity index (χ2v) is 10.9. The van der Waals surface area contributed by atoms with E-state index >= 15 is 0 Å². The zero-order chi connectivity index (χ0) is 24.6. The van der Waals surface area contributed by atoms with Crippen LogP contribution in [-0.4, -0.2) is 60.6 Å². The molecular weight excluding hydrogens is 460 g/mol. The molecular formula is C21H27F2N3O6S. The summed E-state index contributed by atoms with van der Waals surface area (Å²) in [4.78, 5) is 16.9. The number of hydrogen-bond donors (Lipinski definition) is 0. The Kier molecular flexibility index (Phi) is 7.08. The van der Waals surface area contributed by atoms with Crippen molar-refractivity contribution in [2.24, 2.45) is 0 Å². The van der Waals surface area contributed by atoms with Gasteiger partial charge in [0.05, 0.1) is 6.10 Å². The Bertz CT molecular complexity index is 1100. The van der Waals surface area contributed by atoms with Gasteiger partial charge in [0, 0.05) is 24.9 Å². The number of amides is 1. The minimum atomic E-state index is -4.07. The largest absolute Gasteiger partial charge is 0.444 e. The van der Waals surface area contributed by atoms with Crippen molar-refractivity contribution in [3.63, 3.8) is 0 Å². The number of piperidine rings is 1. The van der Waals surface area contributed by atoms with Crippen molar-refractivity contribution in [3.8, 4) is 11.4 Å². The van der Waals surface area contributed by atoms with E-state index in [1.165, 1.54) is 0 Å². The number of carbonyl (C=O) groups excluding carboxylic acids is 1. The van der Waals surface area contributed by atoms with Gasteiger partial charge < -0.3 is 18.9 Å². The maximum absolute atomic E-state index is 14.2. The molecule has 0 bridgehead atoms. The fraction of sp³-hybridized carbons (Fsp3) is 0.571. The number of rotatable bonds is 5. The van der Waals surface area contributed by atoms with Crippen LogP contribution in [0.3, 0.4) is 0 Å². The van der Waals surface area contributed by atoms with E-state index in [2.05, 4.69) is 10.1 Å². The first-order valence-electron chi connectivity index (χ1n) is 10.4. The fourth-order valence-electron chi connectivity index (χ4n) is 3.41. The lowest BCUT2D eigenvalue weighted by Gasteiger charge is -2.34. The van der Waals surface area contributed by atoms with Crippen molar-refractivity contribution in [1.82, 2.24) is 15.0 Å². The summed E-state index contributed by atoms with van der Waals surface area (Å²) in [6, 6.07) is 1.68. The van der Waals surface area contributed by atoms with Gasteiger partial charge in [-0.05, 0) is 52.7 Å². The Morgan fingerprint density at radius 1 is 1.21 bits per heavy atom. The number of nitrogens with zero attached hydrogens (tertiary/aromatic N) is 3. The monoisotopic (exact) mass is 487 g/mol. The molecule has 1 fully saturated rings. The Morgan fingerprint density at radius 2 is 1.79 bits per heavy atom. The Balaban J connectivity index is 1.62. The number of halogens is 2. The first-order chi connectivity index (χ1) is 15.2. The van der Waals surface area contributed by atoms with Crippen LogP contribution in [0.4, 0.5) is 13.6 Å². The lowest BCUT2D eigenvalue weighted by Crippen LogP contribution is -2.43. The summed E-state index contributed by atoms with van der Waals surface area (Å²) in [5.74, 6) is -2.47. The highest BCUT2D eigenvalue weighted by Crippen LogP contribution is 2.28. The van der Waals surface area contributed by atoms with Crippen LogP contribution in [0.25, 0.3) is 11.4 Å². The topological polar surface area (TPSA) is 112 Å². The van der Waals surface area contributed by atoms with Gasteiger partial charge in [0.25, 0.3) is 5.89 Å². The van der Waals surface area contributed by atoms with Crippen LogP contribution >= 0.6 is 0 Å². The third kappa shape index (κ3) is 6.26. The number of likely N-dealkylation sites (tertiary alicyclic amines) is 1. The van der Waals surface area contributed by atoms with E-state index in [-0.39, 0.29) is 29.5 Å². The van der Waals surface area contributed by atoms with Gasteiger partial charge in [-0.1, -0.05) is 5.16 Å². The lowest BCUT2D eigenvalue weighted by molar-refractivity contribution is -0.0509. The van der Waals surface area contributed by atoms with Gasteiger partial charge in [-0.3, -0.25) is 0 Å². The minimum Gasteiger partial charge on any atom is -0.444 e. The van der Waals surface area contributed by atoms with Gasteiger partial charge in [0.15, 0.2) is 9.84 Å². The minimum absolute atomic E-state index is 0.0646. The van der Waals surface area contributed by atoms with Crippen molar-refractivity contribution in [1.29, 1.82) is 0 Å². The van der Waals surface area contributed by atoms with Gasteiger partial charge in [-0.25, -0.2) is 22.0 Å². The smallest absolute Gasteiger partial charge is 0.410 e. The first kappa shape index (κ1) is 25.0. The molecule has 0 aliphatic carbocycles. The molecule has 3 rings (SSSR count). The van der Waals surface area contributed by atoms with E-state index in [1.54, 1.807) is 11.8 Å². The Hall–Kier alpha value is -2.60. The predicted octanol–water partition coefficient (Wildman–Crippen LogP) is 3.90. The summed E-state index contributed by atoms with van der Waals surface area (Å²) in [7, 11) is -4.07. The van der Waals surface area contributed by atoms with Gasteiger partial charge >= 0.3 is 6.09 Å². The van der Waals surface area contributed by atoms with Crippen LogP contribution < -0.4 is 0 Å². The number of sulfone groups is 1. The third-order valence-electron chi connectivity index (χ3n) is 4.91. The van der Waals surface area contributed by atoms with Crippen LogP contribution in [-0.2, 0) is 19.3 Å². The quantitative estimate of drug-likeness (QED) is 0.624. The Morgan fingerprint density at radius 3 is 2.30 bits per heavy atom. The summed E-state index contributed by atoms with van der Waals surface area (Å²) in [6.45, 7) is 8.09. The molecule has 1 aromatic carbocycles. The normalized spacial score (nSPS) is 16.6. The molecule has 12 heteroatoms. The predicted molar refractivity (Wildman–Crippen MR) is 113 cm³/mol. The van der Waals surface area contributed by atoms with Crippen LogP contribution in [0.1, 0.15) is 52.5 Å². The van der Waals surface area contributed by atoms with Crippen molar-refractivity contribution >= 4 is 15.9 Å². The molecule has 0 saturated carbocycles. The van der Waals surface area contributed by atoms with E-state index < -0.39 is 38.1 Å². The molecule has 0 N–H and O–H groups in total. The highest BCUT2D eigenvalue weighted by atomic mass is 32.2. The summed E-state index contributed by atoms with van der Waals surface area (Å²) in [5.41, 5.74) is -0.628. The molecule has 0 radical (unpaired) electrons. The van der Waals surface area contributed by atoms with E-state index in [4.69, 9.17) is 14.0 Å². The van der Waals surface area contributed by atoms with Gasteiger partial charge in [-0.2, -0.15) is 4.98 Å². The average molecular weight is 488 g/mol. The fourth-order valence-corrected chi connectivity index (χ4v) is 4.23. The van der Waals surface area contributed by atoms with E-state index in [0.717, 1.165) is 18.4 Å². The zero-order valence-electron chi connectivity index (χ0n) is 19.1. The summed E-state index contributed by atoms with van der Waals surface area (Å²) in [5, 5.41) is 3.73. The molecule has 2 aromatic rings. The SMILES string of the molecule is CC(OC1CCN(C(=O)OC(C)(C)C)CC1)c1nc(-c2cc(F)c(S(C)(=O)=O)c(F)c2)no1. The third-order valence-corrected chi connectivity index (χ3v) is 6.04. The summed E-state index contributed by atoms with van der Waals surface area (Å²) < 4.78 is 68.0. The summed E-state index contributed by atoms with van der Waals surface area (Å²) >= 11 is 0. The lowest BCUT2D eigenvalue weighted by atomic mass is 10.1. The maximum Gasteiger partial charge on any atom is 0.410 e. The molecule has 0 spiro atoms. The van der Waals surface area contributed by atoms with Crippen LogP contribution in [0.15, 0.2) is 21.6 Å². The number of hydrogen-bond acceptors (Lipinski definition) is 8. The molecule has 1 unspecified atom stereocenters. The number of ether oxygens (including phenoxy) is 2. The van der Waals surface area contributed by atoms with Gasteiger partial charge in [0.1, 0.15) is 28.2 Å². The highest BCUT2D eigenvalue weighted by Gasteiger charge is 2.29. The van der Waals surface area contributed by atoms with Gasteiger partial charge in [-0.15, -0.1) is 0 Å². The number of aromatic nitrogens is 2. The first-order valence-corrected chi connectivity index (χ1v) is 12.3. The van der Waals surface area contributed by atoms with Crippen molar-refractivity contribution in [3.05, 3.63) is 29.7 Å². The molecule has 1 aromatic heterocycles. The molecule has 1 aliphatic rings. The zero-order valence-corrected chi connectivity index (χ0v) is 19.9. The molecule has 1 aliphatic heterocycles. The second-order valence-electron chi connectivity index (χ2n) is 8.94. The molecule has 1 amide bonds. The second kappa shape index (κ2) is 9.34. The highest BCUT2D eigenvalue weighted by molar-refractivity contribution is 7.90. The maximum atomic E-state index is 14.2. The van der Waals surface area contributed by atoms with Crippen molar-refractivity contribution in [2.45, 2.75) is 63.2 Å². The summed E-state index contributed by atoms with van der Waals surface area (Å²) in [6.07, 6.45) is 0.781. The van der Waals surface area contributed by atoms with Crippen molar-refractivity contribution in [2.75, 3.05) is 19.3 Å². The average Bonchev–Trinajstić information content (AvgIpc) is 3.16. The van der Waals surface area contributed by atoms with Crippen molar-refractivity contribution < 1.29 is 36.0 Å². The molecule has 33 heavy (non-hydrogen) atoms. The molecule has 1 saturated heterocycles. The van der Waals surface area contributed by atoms with Crippen LogP contribution in [0.2, 0.25) is 0 Å². The molecule has 182 valence electrons. The number of benzene rings is 1. The standard InChI is InChI=1S/C21H27F2N3O6S/c1-12(30-14-6-8-26(9-7-14)20(27)31-21(2,3)4)19-24-18(25-32-19)13-10-15(22)17(16(23)11-13)33(5,28)29/h10-12,14H,6-9H2,1-5H3. The molecule has 2 heterocycles. The van der Waals surface area contributed by atoms with Gasteiger partial charge in [0.2, 0.25) is 5.82 Å². The van der Waals surface area contributed by atoms with E-state index in [1.807, 2.05) is 20.8 Å². The molecule has 9 nitrogen and oxygen atoms in total. The van der Waals surface area contributed by atoms with E-state index in [0.29, 0.717) is 25.9 Å². The number of carbonyl (C=O) groups is 1.